The van der Waals surface area contributed by atoms with Gasteiger partial charge in [0.25, 0.3) is 0 Å². The summed E-state index contributed by atoms with van der Waals surface area (Å²) < 4.78 is 1.03. The van der Waals surface area contributed by atoms with Gasteiger partial charge in [0, 0.05) is 17.2 Å². The average molecular weight is 317 g/mol. The molecule has 0 amide bonds. The summed E-state index contributed by atoms with van der Waals surface area (Å²) >= 11 is 3.40. The lowest BCUT2D eigenvalue weighted by molar-refractivity contribution is 0.495. The molecule has 0 saturated heterocycles. The molecule has 1 heterocycles. The fourth-order valence-electron chi connectivity index (χ4n) is 2.71. The smallest absolute Gasteiger partial charge is 0.0542 e. The summed E-state index contributed by atoms with van der Waals surface area (Å²) in [6.07, 6.45) is 4.26. The van der Waals surface area contributed by atoms with Crippen molar-refractivity contribution in [1.29, 1.82) is 0 Å². The van der Waals surface area contributed by atoms with Crippen molar-refractivity contribution >= 4 is 15.9 Å². The van der Waals surface area contributed by atoms with E-state index in [2.05, 4.69) is 56.6 Å². The first-order chi connectivity index (χ1) is 9.31. The lowest BCUT2D eigenvalue weighted by Gasteiger charge is -2.10. The van der Waals surface area contributed by atoms with E-state index in [0.717, 1.165) is 29.2 Å². The molecule has 0 aliphatic heterocycles. The van der Waals surface area contributed by atoms with Crippen LogP contribution in [-0.2, 0) is 19.4 Å². The van der Waals surface area contributed by atoms with Gasteiger partial charge in [-0.2, -0.15) is 0 Å². The van der Waals surface area contributed by atoms with Gasteiger partial charge < -0.3 is 5.32 Å². The molecule has 1 aromatic heterocycles. The van der Waals surface area contributed by atoms with Gasteiger partial charge >= 0.3 is 0 Å². The van der Waals surface area contributed by atoms with E-state index in [-0.39, 0.29) is 0 Å². The van der Waals surface area contributed by atoms with E-state index in [0.29, 0.717) is 0 Å². The fraction of sp³-hybridized carbons (Fsp3) is 0.312. The van der Waals surface area contributed by atoms with Crippen LogP contribution in [0, 0.1) is 5.92 Å². The number of halogens is 1. The van der Waals surface area contributed by atoms with Crippen LogP contribution >= 0.6 is 15.9 Å². The van der Waals surface area contributed by atoms with Gasteiger partial charge in [-0.25, -0.2) is 0 Å². The summed E-state index contributed by atoms with van der Waals surface area (Å²) in [4.78, 5) is 4.37. The summed E-state index contributed by atoms with van der Waals surface area (Å²) in [5.74, 6) is 0.729. The van der Waals surface area contributed by atoms with Gasteiger partial charge in [0.15, 0.2) is 0 Å². The number of benzene rings is 1. The first kappa shape index (κ1) is 12.8. The molecule has 1 N–H and O–H groups in total. The molecule has 2 aromatic rings. The molecule has 2 nitrogen and oxygen atoms in total. The quantitative estimate of drug-likeness (QED) is 0.935. The van der Waals surface area contributed by atoms with Crippen molar-refractivity contribution in [3.05, 3.63) is 63.9 Å². The Bertz CT molecular complexity index is 526. The Morgan fingerprint density at radius 1 is 1.11 bits per heavy atom. The minimum atomic E-state index is 0.729. The van der Waals surface area contributed by atoms with E-state index in [9.17, 15) is 0 Å². The second kappa shape index (κ2) is 5.85. The highest BCUT2D eigenvalue weighted by Gasteiger charge is 2.20. The normalized spacial score (nSPS) is 14.6. The SMILES string of the molecule is Brc1ccc(CNCC2Cc3ccccc3C2)nc1. The van der Waals surface area contributed by atoms with Gasteiger partial charge in [-0.05, 0) is 64.5 Å². The summed E-state index contributed by atoms with van der Waals surface area (Å²) in [5.41, 5.74) is 4.14. The molecule has 0 unspecified atom stereocenters. The first-order valence-electron chi connectivity index (χ1n) is 6.69. The Labute approximate surface area is 122 Å². The summed E-state index contributed by atoms with van der Waals surface area (Å²) in [6, 6.07) is 12.9. The summed E-state index contributed by atoms with van der Waals surface area (Å²) in [7, 11) is 0. The number of hydrogen-bond donors (Lipinski definition) is 1. The maximum Gasteiger partial charge on any atom is 0.0542 e. The monoisotopic (exact) mass is 316 g/mol. The number of fused-ring (bicyclic) bond motifs is 1. The van der Waals surface area contributed by atoms with Crippen molar-refractivity contribution < 1.29 is 0 Å². The molecule has 0 spiro atoms. The van der Waals surface area contributed by atoms with Crippen molar-refractivity contribution in [2.24, 2.45) is 5.92 Å². The van der Waals surface area contributed by atoms with Gasteiger partial charge in [-0.15, -0.1) is 0 Å². The van der Waals surface area contributed by atoms with E-state index in [1.54, 1.807) is 0 Å². The summed E-state index contributed by atoms with van der Waals surface area (Å²) in [5, 5.41) is 3.52. The molecule has 0 saturated carbocycles. The molecule has 0 fully saturated rings. The number of nitrogens with zero attached hydrogens (tertiary/aromatic N) is 1. The Balaban J connectivity index is 1.48. The minimum Gasteiger partial charge on any atom is -0.311 e. The maximum absolute atomic E-state index is 4.37. The Morgan fingerprint density at radius 2 is 1.84 bits per heavy atom. The van der Waals surface area contributed by atoms with Gasteiger partial charge in [0.1, 0.15) is 0 Å². The van der Waals surface area contributed by atoms with Crippen molar-refractivity contribution in [3.63, 3.8) is 0 Å². The van der Waals surface area contributed by atoms with E-state index >= 15 is 0 Å². The number of nitrogens with one attached hydrogen (secondary N) is 1. The number of hydrogen-bond acceptors (Lipinski definition) is 2. The molecule has 3 heteroatoms. The maximum atomic E-state index is 4.37. The highest BCUT2D eigenvalue weighted by molar-refractivity contribution is 9.10. The molecule has 1 aliphatic carbocycles. The second-order valence-corrected chi connectivity index (χ2v) is 6.06. The molecule has 98 valence electrons. The molecule has 0 atom stereocenters. The number of pyridine rings is 1. The Morgan fingerprint density at radius 3 is 2.47 bits per heavy atom. The lowest BCUT2D eigenvalue weighted by Crippen LogP contribution is -2.23. The molecule has 1 aliphatic rings. The third-order valence-corrected chi connectivity index (χ3v) is 4.13. The zero-order valence-corrected chi connectivity index (χ0v) is 12.4. The van der Waals surface area contributed by atoms with Crippen LogP contribution in [0.2, 0.25) is 0 Å². The van der Waals surface area contributed by atoms with E-state index in [1.807, 2.05) is 12.3 Å². The number of rotatable bonds is 4. The standard InChI is InChI=1S/C16H17BrN2/c17-15-5-6-16(19-10-15)11-18-9-12-7-13-3-1-2-4-14(13)8-12/h1-6,10,12,18H,7-9,11H2. The van der Waals surface area contributed by atoms with E-state index < -0.39 is 0 Å². The second-order valence-electron chi connectivity index (χ2n) is 5.14. The molecular weight excluding hydrogens is 300 g/mol. The highest BCUT2D eigenvalue weighted by Crippen LogP contribution is 2.25. The van der Waals surface area contributed by atoms with Crippen LogP contribution in [0.3, 0.4) is 0 Å². The first-order valence-corrected chi connectivity index (χ1v) is 7.48. The third kappa shape index (κ3) is 3.23. The Hall–Kier alpha value is -1.19. The van der Waals surface area contributed by atoms with Crippen molar-refractivity contribution in [3.8, 4) is 0 Å². The summed E-state index contributed by atoms with van der Waals surface area (Å²) in [6.45, 7) is 1.91. The zero-order chi connectivity index (χ0) is 13.1. The third-order valence-electron chi connectivity index (χ3n) is 3.66. The highest BCUT2D eigenvalue weighted by atomic mass is 79.9. The minimum absolute atomic E-state index is 0.729. The molecule has 1 aromatic carbocycles. The number of aromatic nitrogens is 1. The van der Waals surface area contributed by atoms with Crippen molar-refractivity contribution in [1.82, 2.24) is 10.3 Å². The van der Waals surface area contributed by atoms with E-state index in [4.69, 9.17) is 0 Å². The zero-order valence-electron chi connectivity index (χ0n) is 10.8. The lowest BCUT2D eigenvalue weighted by atomic mass is 10.1. The van der Waals surface area contributed by atoms with Crippen LogP contribution in [0.15, 0.2) is 47.1 Å². The van der Waals surface area contributed by atoms with Crippen LogP contribution in [0.25, 0.3) is 0 Å². The van der Waals surface area contributed by atoms with Gasteiger partial charge in [0.2, 0.25) is 0 Å². The van der Waals surface area contributed by atoms with Crippen molar-refractivity contribution in [2.45, 2.75) is 19.4 Å². The molecule has 0 bridgehead atoms. The topological polar surface area (TPSA) is 24.9 Å². The van der Waals surface area contributed by atoms with Crippen LogP contribution in [0.4, 0.5) is 0 Å². The largest absolute Gasteiger partial charge is 0.311 e. The van der Waals surface area contributed by atoms with Crippen LogP contribution in [0.5, 0.6) is 0 Å². The van der Waals surface area contributed by atoms with Gasteiger partial charge in [0.05, 0.1) is 5.69 Å². The molecule has 0 radical (unpaired) electrons. The van der Waals surface area contributed by atoms with Crippen LogP contribution in [-0.4, -0.2) is 11.5 Å². The average Bonchev–Trinajstić information content (AvgIpc) is 2.83. The molecule has 3 rings (SSSR count). The van der Waals surface area contributed by atoms with E-state index in [1.165, 1.54) is 24.0 Å². The Kier molecular flexibility index (Phi) is 3.95. The molecular formula is C16H17BrN2. The van der Waals surface area contributed by atoms with Gasteiger partial charge in [-0.3, -0.25) is 4.98 Å². The van der Waals surface area contributed by atoms with Crippen molar-refractivity contribution in [2.75, 3.05) is 6.54 Å². The molecule has 19 heavy (non-hydrogen) atoms. The van der Waals surface area contributed by atoms with Gasteiger partial charge in [-0.1, -0.05) is 24.3 Å². The fourth-order valence-corrected chi connectivity index (χ4v) is 2.94. The predicted octanol–water partition coefficient (Wildman–Crippen LogP) is 3.35. The predicted molar refractivity (Wildman–Crippen MR) is 81.0 cm³/mol. The van der Waals surface area contributed by atoms with Crippen LogP contribution < -0.4 is 5.32 Å². The van der Waals surface area contributed by atoms with Crippen LogP contribution in [0.1, 0.15) is 16.8 Å².